The predicted octanol–water partition coefficient (Wildman–Crippen LogP) is 3.31. The topological polar surface area (TPSA) is 92.5 Å². The van der Waals surface area contributed by atoms with Gasteiger partial charge in [-0.1, -0.05) is 6.07 Å². The summed E-state index contributed by atoms with van der Waals surface area (Å²) in [6, 6.07) is 6.61. The third-order valence-corrected chi connectivity index (χ3v) is 2.66. The molecule has 21 heavy (non-hydrogen) atoms. The van der Waals surface area contributed by atoms with Gasteiger partial charge < -0.3 is 10.4 Å². The fourth-order valence-electron chi connectivity index (χ4n) is 1.70. The van der Waals surface area contributed by atoms with E-state index in [0.717, 1.165) is 18.2 Å². The van der Waals surface area contributed by atoms with Crippen LogP contribution in [0.5, 0.6) is 0 Å². The molecule has 8 heteroatoms. The maximum atomic E-state index is 13.5. The summed E-state index contributed by atoms with van der Waals surface area (Å²) < 4.78 is 26.5. The number of nitrogens with zero attached hydrogens (tertiary/aromatic N) is 1. The number of rotatable bonds is 4. The minimum absolute atomic E-state index is 0.0659. The molecule has 0 unspecified atom stereocenters. The Morgan fingerprint density at radius 1 is 1.24 bits per heavy atom. The van der Waals surface area contributed by atoms with Gasteiger partial charge in [0.05, 0.1) is 10.6 Å². The SMILES string of the molecule is O=C(O)c1ccc(Nc2cccc(F)c2F)cc1[N+](=O)[O-]. The lowest BCUT2D eigenvalue weighted by atomic mass is 10.1. The van der Waals surface area contributed by atoms with Crippen molar-refractivity contribution in [3.05, 3.63) is 63.7 Å². The first-order valence-corrected chi connectivity index (χ1v) is 5.63. The van der Waals surface area contributed by atoms with Gasteiger partial charge in [0.1, 0.15) is 5.56 Å². The number of aromatic carboxylic acids is 1. The van der Waals surface area contributed by atoms with Crippen LogP contribution < -0.4 is 5.32 Å². The quantitative estimate of drug-likeness (QED) is 0.666. The Hall–Kier alpha value is -3.03. The van der Waals surface area contributed by atoms with Gasteiger partial charge >= 0.3 is 5.97 Å². The molecule has 0 heterocycles. The maximum absolute atomic E-state index is 13.5. The molecule has 2 aromatic carbocycles. The van der Waals surface area contributed by atoms with E-state index in [1.165, 1.54) is 18.2 Å². The number of benzene rings is 2. The summed E-state index contributed by atoms with van der Waals surface area (Å²) in [5.41, 5.74) is -1.29. The minimum Gasteiger partial charge on any atom is -0.477 e. The van der Waals surface area contributed by atoms with Crippen LogP contribution in [-0.2, 0) is 0 Å². The third-order valence-electron chi connectivity index (χ3n) is 2.66. The van der Waals surface area contributed by atoms with Gasteiger partial charge in [-0.15, -0.1) is 0 Å². The molecular weight excluding hydrogens is 286 g/mol. The lowest BCUT2D eigenvalue weighted by Crippen LogP contribution is -2.04. The zero-order valence-electron chi connectivity index (χ0n) is 10.3. The van der Waals surface area contributed by atoms with E-state index >= 15 is 0 Å². The van der Waals surface area contributed by atoms with Crippen molar-refractivity contribution in [2.45, 2.75) is 0 Å². The summed E-state index contributed by atoms with van der Waals surface area (Å²) in [6.07, 6.45) is 0. The number of halogens is 2. The van der Waals surface area contributed by atoms with Gasteiger partial charge in [0.15, 0.2) is 11.6 Å². The van der Waals surface area contributed by atoms with Gasteiger partial charge in [-0.05, 0) is 24.3 Å². The van der Waals surface area contributed by atoms with Crippen molar-refractivity contribution >= 4 is 23.0 Å². The van der Waals surface area contributed by atoms with Gasteiger partial charge in [0, 0.05) is 11.8 Å². The van der Waals surface area contributed by atoms with Crippen LogP contribution in [0.15, 0.2) is 36.4 Å². The summed E-state index contributed by atoms with van der Waals surface area (Å²) >= 11 is 0. The molecule has 2 rings (SSSR count). The molecule has 6 nitrogen and oxygen atoms in total. The number of hydrogen-bond donors (Lipinski definition) is 2. The molecule has 0 aliphatic heterocycles. The number of anilines is 2. The molecule has 0 atom stereocenters. The van der Waals surface area contributed by atoms with Gasteiger partial charge in [-0.25, -0.2) is 13.6 Å². The molecule has 0 bridgehead atoms. The van der Waals surface area contributed by atoms with Crippen molar-refractivity contribution in [1.82, 2.24) is 0 Å². The molecule has 0 spiro atoms. The molecule has 0 fully saturated rings. The first kappa shape index (κ1) is 14.4. The van der Waals surface area contributed by atoms with Crippen LogP contribution in [0.2, 0.25) is 0 Å². The number of nitro groups is 1. The zero-order chi connectivity index (χ0) is 15.6. The van der Waals surface area contributed by atoms with Crippen LogP contribution in [-0.4, -0.2) is 16.0 Å². The molecule has 0 aliphatic rings. The fourth-order valence-corrected chi connectivity index (χ4v) is 1.70. The highest BCUT2D eigenvalue weighted by molar-refractivity contribution is 5.93. The lowest BCUT2D eigenvalue weighted by molar-refractivity contribution is -0.385. The highest BCUT2D eigenvalue weighted by Gasteiger charge is 2.20. The summed E-state index contributed by atoms with van der Waals surface area (Å²) in [6.45, 7) is 0. The van der Waals surface area contributed by atoms with Crippen LogP contribution in [0.3, 0.4) is 0 Å². The van der Waals surface area contributed by atoms with Crippen molar-refractivity contribution in [3.63, 3.8) is 0 Å². The number of carboxylic acids is 1. The molecule has 0 saturated heterocycles. The van der Waals surface area contributed by atoms with E-state index in [2.05, 4.69) is 5.32 Å². The van der Waals surface area contributed by atoms with E-state index < -0.39 is 33.8 Å². The highest BCUT2D eigenvalue weighted by atomic mass is 19.2. The van der Waals surface area contributed by atoms with Gasteiger partial charge in [-0.3, -0.25) is 10.1 Å². The van der Waals surface area contributed by atoms with E-state index in [1.807, 2.05) is 0 Å². The van der Waals surface area contributed by atoms with Crippen LogP contribution in [0.1, 0.15) is 10.4 Å². The minimum atomic E-state index is -1.45. The zero-order valence-corrected chi connectivity index (χ0v) is 10.3. The first-order valence-electron chi connectivity index (χ1n) is 5.63. The Morgan fingerprint density at radius 2 is 1.95 bits per heavy atom. The van der Waals surface area contributed by atoms with Crippen LogP contribution in [0.4, 0.5) is 25.8 Å². The van der Waals surface area contributed by atoms with Crippen molar-refractivity contribution < 1.29 is 23.6 Å². The van der Waals surface area contributed by atoms with Gasteiger partial charge in [0.25, 0.3) is 5.69 Å². The smallest absolute Gasteiger partial charge is 0.342 e. The molecule has 0 amide bonds. The summed E-state index contributed by atoms with van der Waals surface area (Å²) in [5.74, 6) is -3.66. The normalized spacial score (nSPS) is 10.2. The molecule has 0 aliphatic carbocycles. The first-order chi connectivity index (χ1) is 9.90. The molecule has 2 N–H and O–H groups in total. The number of nitro benzene ring substituents is 1. The third kappa shape index (κ3) is 2.94. The van der Waals surface area contributed by atoms with Crippen molar-refractivity contribution in [2.75, 3.05) is 5.32 Å². The number of hydrogen-bond acceptors (Lipinski definition) is 4. The van der Waals surface area contributed by atoms with Crippen LogP contribution in [0, 0.1) is 21.7 Å². The predicted molar refractivity (Wildman–Crippen MR) is 69.7 cm³/mol. The van der Waals surface area contributed by atoms with Crippen LogP contribution >= 0.6 is 0 Å². The summed E-state index contributed by atoms with van der Waals surface area (Å²) in [4.78, 5) is 20.8. The van der Waals surface area contributed by atoms with E-state index in [1.54, 1.807) is 0 Å². The fraction of sp³-hybridized carbons (Fsp3) is 0. The Bertz CT molecular complexity index is 734. The second-order valence-corrected chi connectivity index (χ2v) is 4.02. The average Bonchev–Trinajstić information content (AvgIpc) is 2.43. The Kier molecular flexibility index (Phi) is 3.79. The van der Waals surface area contributed by atoms with E-state index in [9.17, 15) is 23.7 Å². The Morgan fingerprint density at radius 3 is 2.57 bits per heavy atom. The Balaban J connectivity index is 2.42. The Labute approximate surface area is 116 Å². The highest BCUT2D eigenvalue weighted by Crippen LogP contribution is 2.27. The van der Waals surface area contributed by atoms with E-state index in [0.29, 0.717) is 0 Å². The van der Waals surface area contributed by atoms with Gasteiger partial charge in [-0.2, -0.15) is 0 Å². The molecule has 0 saturated carbocycles. The van der Waals surface area contributed by atoms with Crippen molar-refractivity contribution in [2.24, 2.45) is 0 Å². The number of carboxylic acid groups (broad SMARTS) is 1. The number of nitrogens with one attached hydrogen (secondary N) is 1. The molecular formula is C13H8F2N2O4. The number of carbonyl (C=O) groups is 1. The standard InChI is InChI=1S/C13H8F2N2O4/c14-9-2-1-3-10(12(9)15)16-7-4-5-8(13(18)19)11(6-7)17(20)21/h1-6,16H,(H,18,19). The second kappa shape index (κ2) is 5.53. The summed E-state index contributed by atoms with van der Waals surface area (Å²) in [7, 11) is 0. The van der Waals surface area contributed by atoms with E-state index in [-0.39, 0.29) is 11.4 Å². The maximum Gasteiger partial charge on any atom is 0.342 e. The van der Waals surface area contributed by atoms with Crippen LogP contribution in [0.25, 0.3) is 0 Å². The average molecular weight is 294 g/mol. The molecule has 2 aromatic rings. The summed E-state index contributed by atoms with van der Waals surface area (Å²) in [5, 5.41) is 22.1. The van der Waals surface area contributed by atoms with E-state index in [4.69, 9.17) is 5.11 Å². The second-order valence-electron chi connectivity index (χ2n) is 4.02. The monoisotopic (exact) mass is 294 g/mol. The molecule has 0 radical (unpaired) electrons. The largest absolute Gasteiger partial charge is 0.477 e. The van der Waals surface area contributed by atoms with Crippen molar-refractivity contribution in [3.8, 4) is 0 Å². The molecule has 108 valence electrons. The lowest BCUT2D eigenvalue weighted by Gasteiger charge is -2.08. The molecule has 0 aromatic heterocycles. The van der Waals surface area contributed by atoms with Crippen molar-refractivity contribution in [1.29, 1.82) is 0 Å². The van der Waals surface area contributed by atoms with Gasteiger partial charge in [0.2, 0.25) is 0 Å².